The summed E-state index contributed by atoms with van der Waals surface area (Å²) in [4.78, 5) is 4.61. The summed E-state index contributed by atoms with van der Waals surface area (Å²) < 4.78 is 2.09. The van der Waals surface area contributed by atoms with Crippen LogP contribution in [0.4, 0.5) is 0 Å². The summed E-state index contributed by atoms with van der Waals surface area (Å²) in [7, 11) is 0. The number of hydrogen-bond acceptors (Lipinski definition) is 1. The Morgan fingerprint density at radius 3 is 2.56 bits per heavy atom. The van der Waals surface area contributed by atoms with Crippen LogP contribution in [0.2, 0.25) is 0 Å². The van der Waals surface area contributed by atoms with E-state index in [4.69, 9.17) is 0 Å². The molecule has 0 fully saturated rings. The van der Waals surface area contributed by atoms with E-state index in [2.05, 4.69) is 21.7 Å². The fraction of sp³-hybridized carbons (Fsp3) is 0.0714. The zero-order valence-electron chi connectivity index (χ0n) is 9.09. The lowest BCUT2D eigenvalue weighted by Crippen LogP contribution is -1.96. The Bertz CT molecular complexity index is 624. The topological polar surface area (TPSA) is 17.8 Å². The summed E-state index contributed by atoms with van der Waals surface area (Å²) in [5.41, 5.74) is 3.24. The molecule has 0 bridgehead atoms. The van der Waals surface area contributed by atoms with Crippen LogP contribution in [0.1, 0.15) is 5.69 Å². The highest BCUT2D eigenvalue weighted by atomic mass is 15.0. The van der Waals surface area contributed by atoms with Crippen molar-refractivity contribution in [3.63, 3.8) is 0 Å². The lowest BCUT2D eigenvalue weighted by atomic mass is 10.2. The minimum absolute atomic E-state index is 1.05. The first-order chi connectivity index (χ1) is 7.84. The van der Waals surface area contributed by atoms with Gasteiger partial charge in [-0.25, -0.2) is 0 Å². The summed E-state index contributed by atoms with van der Waals surface area (Å²) >= 11 is 0. The van der Waals surface area contributed by atoms with Crippen molar-refractivity contribution in [2.45, 2.75) is 6.92 Å². The smallest absolute Gasteiger partial charge is 0.0706 e. The number of aryl methyl sites for hydroxylation is 1. The zero-order chi connectivity index (χ0) is 11.0. The minimum atomic E-state index is 1.05. The predicted molar refractivity (Wildman–Crippen MR) is 65.8 cm³/mol. The van der Waals surface area contributed by atoms with E-state index < -0.39 is 0 Å². The molecule has 0 saturated carbocycles. The normalized spacial score (nSPS) is 10.8. The van der Waals surface area contributed by atoms with Gasteiger partial charge in [-0.1, -0.05) is 18.2 Å². The third kappa shape index (κ3) is 1.39. The van der Waals surface area contributed by atoms with Gasteiger partial charge in [-0.05, 0) is 31.2 Å². The van der Waals surface area contributed by atoms with Gasteiger partial charge in [0.05, 0.1) is 16.9 Å². The molecule has 3 rings (SSSR count). The standard InChI is InChI=1S/C14H12N2/c1-11-14(16-8-4-5-9-16)10-12-6-2-3-7-13(12)15-11/h2-10H,1H3. The van der Waals surface area contributed by atoms with E-state index in [1.54, 1.807) is 0 Å². The number of pyridine rings is 1. The minimum Gasteiger partial charge on any atom is -0.322 e. The first kappa shape index (κ1) is 9.16. The molecule has 16 heavy (non-hydrogen) atoms. The van der Waals surface area contributed by atoms with Gasteiger partial charge in [0.1, 0.15) is 0 Å². The number of aromatic nitrogens is 2. The Labute approximate surface area is 94.2 Å². The average Bonchev–Trinajstić information content (AvgIpc) is 2.81. The lowest BCUT2D eigenvalue weighted by Gasteiger charge is -2.08. The van der Waals surface area contributed by atoms with E-state index in [1.165, 1.54) is 5.39 Å². The van der Waals surface area contributed by atoms with Gasteiger partial charge in [0.15, 0.2) is 0 Å². The van der Waals surface area contributed by atoms with E-state index in [0.717, 1.165) is 16.9 Å². The quantitative estimate of drug-likeness (QED) is 0.599. The van der Waals surface area contributed by atoms with Crippen molar-refractivity contribution in [2.24, 2.45) is 0 Å². The summed E-state index contributed by atoms with van der Waals surface area (Å²) in [5.74, 6) is 0. The molecule has 78 valence electrons. The zero-order valence-corrected chi connectivity index (χ0v) is 9.09. The predicted octanol–water partition coefficient (Wildman–Crippen LogP) is 3.33. The highest BCUT2D eigenvalue weighted by Gasteiger charge is 2.03. The van der Waals surface area contributed by atoms with E-state index in [9.17, 15) is 0 Å². The van der Waals surface area contributed by atoms with Gasteiger partial charge in [-0.2, -0.15) is 0 Å². The van der Waals surface area contributed by atoms with E-state index in [1.807, 2.05) is 49.6 Å². The molecule has 0 atom stereocenters. The highest BCUT2D eigenvalue weighted by molar-refractivity contribution is 5.80. The van der Waals surface area contributed by atoms with Gasteiger partial charge in [0.25, 0.3) is 0 Å². The van der Waals surface area contributed by atoms with Crippen LogP contribution in [0.3, 0.4) is 0 Å². The molecule has 3 aromatic rings. The molecule has 0 radical (unpaired) electrons. The molecular formula is C14H12N2. The van der Waals surface area contributed by atoms with Crippen molar-refractivity contribution in [1.82, 2.24) is 9.55 Å². The summed E-state index contributed by atoms with van der Waals surface area (Å²) in [5, 5.41) is 1.18. The van der Waals surface area contributed by atoms with Crippen LogP contribution in [0, 0.1) is 6.92 Å². The van der Waals surface area contributed by atoms with Crippen molar-refractivity contribution in [3.8, 4) is 5.69 Å². The largest absolute Gasteiger partial charge is 0.322 e. The van der Waals surface area contributed by atoms with E-state index in [-0.39, 0.29) is 0 Å². The Morgan fingerprint density at radius 2 is 1.75 bits per heavy atom. The summed E-state index contributed by atoms with van der Waals surface area (Å²) in [6, 6.07) is 14.4. The molecule has 0 aliphatic carbocycles. The monoisotopic (exact) mass is 208 g/mol. The van der Waals surface area contributed by atoms with Crippen molar-refractivity contribution in [2.75, 3.05) is 0 Å². The van der Waals surface area contributed by atoms with Crippen molar-refractivity contribution in [1.29, 1.82) is 0 Å². The maximum Gasteiger partial charge on any atom is 0.0706 e. The van der Waals surface area contributed by atoms with Crippen LogP contribution in [-0.2, 0) is 0 Å². The van der Waals surface area contributed by atoms with Gasteiger partial charge in [0.2, 0.25) is 0 Å². The first-order valence-corrected chi connectivity index (χ1v) is 5.34. The Morgan fingerprint density at radius 1 is 1.00 bits per heavy atom. The van der Waals surface area contributed by atoms with Gasteiger partial charge in [-0.15, -0.1) is 0 Å². The SMILES string of the molecule is Cc1nc2ccccc2cc1-n1cccc1. The number of benzene rings is 1. The molecular weight excluding hydrogens is 196 g/mol. The Hall–Kier alpha value is -2.09. The molecule has 0 spiro atoms. The molecule has 0 aliphatic rings. The molecule has 0 N–H and O–H groups in total. The number of rotatable bonds is 1. The van der Waals surface area contributed by atoms with Crippen LogP contribution in [0.25, 0.3) is 16.6 Å². The van der Waals surface area contributed by atoms with Crippen LogP contribution in [-0.4, -0.2) is 9.55 Å². The Kier molecular flexibility index (Phi) is 2.00. The number of hydrogen-bond donors (Lipinski definition) is 0. The average molecular weight is 208 g/mol. The molecule has 2 nitrogen and oxygen atoms in total. The molecule has 0 unspecified atom stereocenters. The molecule has 1 aromatic carbocycles. The van der Waals surface area contributed by atoms with Crippen LogP contribution < -0.4 is 0 Å². The maximum absolute atomic E-state index is 4.61. The first-order valence-electron chi connectivity index (χ1n) is 5.34. The molecule has 2 heteroatoms. The second-order valence-corrected chi connectivity index (χ2v) is 3.88. The van der Waals surface area contributed by atoms with E-state index in [0.29, 0.717) is 0 Å². The van der Waals surface area contributed by atoms with Crippen LogP contribution in [0.15, 0.2) is 54.9 Å². The Balaban J connectivity index is 2.30. The van der Waals surface area contributed by atoms with Gasteiger partial charge >= 0.3 is 0 Å². The molecule has 0 amide bonds. The molecule has 0 saturated heterocycles. The van der Waals surface area contributed by atoms with Crippen molar-refractivity contribution < 1.29 is 0 Å². The highest BCUT2D eigenvalue weighted by Crippen LogP contribution is 2.19. The van der Waals surface area contributed by atoms with E-state index >= 15 is 0 Å². The molecule has 2 heterocycles. The van der Waals surface area contributed by atoms with Gasteiger partial charge < -0.3 is 4.57 Å². The van der Waals surface area contributed by atoms with Crippen LogP contribution >= 0.6 is 0 Å². The number of para-hydroxylation sites is 1. The third-order valence-corrected chi connectivity index (χ3v) is 2.77. The van der Waals surface area contributed by atoms with Crippen molar-refractivity contribution >= 4 is 10.9 Å². The van der Waals surface area contributed by atoms with Crippen molar-refractivity contribution in [3.05, 3.63) is 60.6 Å². The summed E-state index contributed by atoms with van der Waals surface area (Å²) in [6.45, 7) is 2.04. The lowest BCUT2D eigenvalue weighted by molar-refractivity contribution is 1.04. The maximum atomic E-state index is 4.61. The van der Waals surface area contributed by atoms with Crippen LogP contribution in [0.5, 0.6) is 0 Å². The fourth-order valence-electron chi connectivity index (χ4n) is 1.96. The fourth-order valence-corrected chi connectivity index (χ4v) is 1.96. The second kappa shape index (κ2) is 3.49. The second-order valence-electron chi connectivity index (χ2n) is 3.88. The molecule has 2 aromatic heterocycles. The molecule has 0 aliphatic heterocycles. The number of nitrogens with zero attached hydrogens (tertiary/aromatic N) is 2. The third-order valence-electron chi connectivity index (χ3n) is 2.77. The summed E-state index contributed by atoms with van der Waals surface area (Å²) in [6.07, 6.45) is 4.08. The van der Waals surface area contributed by atoms with Gasteiger partial charge in [-0.3, -0.25) is 4.98 Å². The van der Waals surface area contributed by atoms with Gasteiger partial charge in [0, 0.05) is 17.8 Å². The number of fused-ring (bicyclic) bond motifs is 1.